The quantitative estimate of drug-likeness (QED) is 0.695. The van der Waals surface area contributed by atoms with Crippen LogP contribution in [-0.4, -0.2) is 16.6 Å². The van der Waals surface area contributed by atoms with E-state index in [1.165, 1.54) is 0 Å². The smallest absolute Gasteiger partial charge is 0.323 e. The second-order valence-electron chi connectivity index (χ2n) is 3.81. The lowest BCUT2D eigenvalue weighted by Crippen LogP contribution is -2.50. The summed E-state index contributed by atoms with van der Waals surface area (Å²) in [6, 6.07) is 0. The van der Waals surface area contributed by atoms with Gasteiger partial charge in [-0.05, 0) is 31.6 Å². The number of rotatable bonds is 2. The summed E-state index contributed by atoms with van der Waals surface area (Å²) in [5, 5.41) is 8.83. The van der Waals surface area contributed by atoms with Gasteiger partial charge in [-0.2, -0.15) is 0 Å². The predicted octanol–water partition coefficient (Wildman–Crippen LogP) is 2.00. The van der Waals surface area contributed by atoms with Crippen LogP contribution in [0.25, 0.3) is 0 Å². The Balaban J connectivity index is 0.00000144. The van der Waals surface area contributed by atoms with Gasteiger partial charge in [0.2, 0.25) is 0 Å². The first-order chi connectivity index (χ1) is 5.58. The highest BCUT2D eigenvalue weighted by atomic mass is 16.4. The zero-order valence-electron chi connectivity index (χ0n) is 7.55. The maximum atomic E-state index is 10.7. The zero-order valence-corrected chi connectivity index (χ0v) is 7.55. The van der Waals surface area contributed by atoms with Crippen molar-refractivity contribution < 1.29 is 9.90 Å². The number of carboxylic acid groups (broad SMARTS) is 1. The van der Waals surface area contributed by atoms with E-state index in [0.717, 1.165) is 19.3 Å². The number of hydrogen-bond acceptors (Lipinski definition) is 2. The van der Waals surface area contributed by atoms with Crippen LogP contribution < -0.4 is 5.73 Å². The molecule has 0 bridgehead atoms. The molecule has 0 aromatic rings. The van der Waals surface area contributed by atoms with Crippen LogP contribution in [0.1, 0.15) is 46.5 Å². The monoisotopic (exact) mass is 187 g/mol. The lowest BCUT2D eigenvalue weighted by Gasteiger charge is -2.33. The zero-order chi connectivity index (χ0) is 9.19. The first-order valence-electron chi connectivity index (χ1n) is 4.61. The molecular weight excluding hydrogens is 166 g/mol. The van der Waals surface area contributed by atoms with Crippen molar-refractivity contribution in [2.45, 2.75) is 52.0 Å². The fraction of sp³-hybridized carbons (Fsp3) is 0.900. The second-order valence-corrected chi connectivity index (χ2v) is 3.81. The third-order valence-corrected chi connectivity index (χ3v) is 3.00. The number of carboxylic acids is 1. The highest BCUT2D eigenvalue weighted by Gasteiger charge is 2.37. The van der Waals surface area contributed by atoms with Crippen molar-refractivity contribution >= 4 is 5.97 Å². The first kappa shape index (κ1) is 12.4. The summed E-state index contributed by atoms with van der Waals surface area (Å²) in [5.41, 5.74) is 4.79. The Labute approximate surface area is 80.3 Å². The molecule has 0 unspecified atom stereocenters. The molecule has 78 valence electrons. The minimum absolute atomic E-state index is 0. The van der Waals surface area contributed by atoms with Gasteiger partial charge in [0.1, 0.15) is 5.54 Å². The van der Waals surface area contributed by atoms with Crippen molar-refractivity contribution in [2.24, 2.45) is 11.7 Å². The van der Waals surface area contributed by atoms with E-state index in [9.17, 15) is 4.79 Å². The van der Waals surface area contributed by atoms with Gasteiger partial charge in [-0.3, -0.25) is 4.79 Å². The average molecular weight is 187 g/mol. The van der Waals surface area contributed by atoms with Gasteiger partial charge in [-0.15, -0.1) is 0 Å². The molecular formula is C10H21NO2. The molecule has 1 aliphatic rings. The van der Waals surface area contributed by atoms with Crippen molar-refractivity contribution in [1.29, 1.82) is 0 Å². The van der Waals surface area contributed by atoms with Gasteiger partial charge in [0, 0.05) is 0 Å². The van der Waals surface area contributed by atoms with Crippen LogP contribution in [0.2, 0.25) is 0 Å². The van der Waals surface area contributed by atoms with E-state index in [-0.39, 0.29) is 7.43 Å². The summed E-state index contributed by atoms with van der Waals surface area (Å²) in [7, 11) is 0. The molecule has 0 heterocycles. The molecule has 0 amide bonds. The summed E-state index contributed by atoms with van der Waals surface area (Å²) >= 11 is 0. The molecule has 1 rings (SSSR count). The van der Waals surface area contributed by atoms with Gasteiger partial charge in [-0.1, -0.05) is 20.8 Å². The van der Waals surface area contributed by atoms with Gasteiger partial charge in [-0.25, -0.2) is 0 Å². The largest absolute Gasteiger partial charge is 0.480 e. The summed E-state index contributed by atoms with van der Waals surface area (Å²) in [6.45, 7) is 2.15. The van der Waals surface area contributed by atoms with E-state index in [2.05, 4.69) is 6.92 Å². The Morgan fingerprint density at radius 3 is 2.31 bits per heavy atom. The van der Waals surface area contributed by atoms with Crippen LogP contribution in [-0.2, 0) is 4.79 Å². The van der Waals surface area contributed by atoms with E-state index in [1.54, 1.807) is 0 Å². The van der Waals surface area contributed by atoms with Crippen molar-refractivity contribution in [2.75, 3.05) is 0 Å². The van der Waals surface area contributed by atoms with E-state index >= 15 is 0 Å². The molecule has 0 atom stereocenters. The summed E-state index contributed by atoms with van der Waals surface area (Å²) in [4.78, 5) is 10.7. The number of carbonyl (C=O) groups is 1. The Bertz CT molecular complexity index is 172. The van der Waals surface area contributed by atoms with Gasteiger partial charge in [0.15, 0.2) is 0 Å². The lowest BCUT2D eigenvalue weighted by atomic mass is 9.76. The van der Waals surface area contributed by atoms with Crippen LogP contribution >= 0.6 is 0 Å². The van der Waals surface area contributed by atoms with Gasteiger partial charge in [0.25, 0.3) is 0 Å². The molecule has 3 heteroatoms. The van der Waals surface area contributed by atoms with E-state index in [4.69, 9.17) is 10.8 Å². The van der Waals surface area contributed by atoms with Crippen molar-refractivity contribution in [3.8, 4) is 0 Å². The topological polar surface area (TPSA) is 63.3 Å². The highest BCUT2D eigenvalue weighted by molar-refractivity contribution is 5.78. The maximum Gasteiger partial charge on any atom is 0.323 e. The van der Waals surface area contributed by atoms with Crippen LogP contribution in [0, 0.1) is 5.92 Å². The van der Waals surface area contributed by atoms with Crippen LogP contribution in [0.15, 0.2) is 0 Å². The number of aliphatic carboxylic acids is 1. The average Bonchev–Trinajstić information content (AvgIpc) is 2.06. The van der Waals surface area contributed by atoms with Crippen LogP contribution in [0.4, 0.5) is 0 Å². The summed E-state index contributed by atoms with van der Waals surface area (Å²) in [5.74, 6) is -0.141. The maximum absolute atomic E-state index is 10.7. The molecule has 0 aromatic heterocycles. The molecule has 1 fully saturated rings. The third-order valence-electron chi connectivity index (χ3n) is 3.00. The van der Waals surface area contributed by atoms with Crippen molar-refractivity contribution in [3.63, 3.8) is 0 Å². The van der Waals surface area contributed by atoms with Gasteiger partial charge < -0.3 is 10.8 Å². The van der Waals surface area contributed by atoms with Gasteiger partial charge in [0.05, 0.1) is 0 Å². The Morgan fingerprint density at radius 1 is 1.54 bits per heavy atom. The summed E-state index contributed by atoms with van der Waals surface area (Å²) in [6.07, 6.45) is 4.37. The Hall–Kier alpha value is -0.570. The first-order valence-corrected chi connectivity index (χ1v) is 4.61. The number of nitrogens with two attached hydrogens (primary N) is 1. The van der Waals surface area contributed by atoms with Crippen molar-refractivity contribution in [1.82, 2.24) is 0 Å². The van der Waals surface area contributed by atoms with E-state index in [0.29, 0.717) is 18.8 Å². The number of hydrogen-bond donors (Lipinski definition) is 2. The van der Waals surface area contributed by atoms with E-state index in [1.807, 2.05) is 0 Å². The summed E-state index contributed by atoms with van der Waals surface area (Å²) < 4.78 is 0. The normalized spacial score (nSPS) is 33.5. The van der Waals surface area contributed by atoms with Crippen LogP contribution in [0.5, 0.6) is 0 Å². The molecule has 0 radical (unpaired) electrons. The van der Waals surface area contributed by atoms with Crippen molar-refractivity contribution in [3.05, 3.63) is 0 Å². The van der Waals surface area contributed by atoms with E-state index < -0.39 is 11.5 Å². The highest BCUT2D eigenvalue weighted by Crippen LogP contribution is 2.32. The molecule has 13 heavy (non-hydrogen) atoms. The fourth-order valence-electron chi connectivity index (χ4n) is 1.81. The third kappa shape index (κ3) is 2.69. The Morgan fingerprint density at radius 2 is 2.00 bits per heavy atom. The molecule has 3 nitrogen and oxygen atoms in total. The molecule has 3 N–H and O–H groups in total. The fourth-order valence-corrected chi connectivity index (χ4v) is 1.81. The Kier molecular flexibility index (Phi) is 4.40. The predicted molar refractivity (Wildman–Crippen MR) is 53.5 cm³/mol. The molecule has 0 aromatic carbocycles. The minimum Gasteiger partial charge on any atom is -0.480 e. The SMILES string of the molecule is C.CCC1CCC(N)(C(=O)O)CC1. The standard InChI is InChI=1S/C9H17NO2.CH4/c1-2-7-3-5-9(10,6-4-7)8(11)12;/h7H,2-6,10H2,1H3,(H,11,12);1H4. The molecule has 1 saturated carbocycles. The minimum atomic E-state index is -0.925. The van der Waals surface area contributed by atoms with Crippen LogP contribution in [0.3, 0.4) is 0 Å². The molecule has 0 spiro atoms. The van der Waals surface area contributed by atoms with Gasteiger partial charge >= 0.3 is 5.97 Å². The molecule has 0 saturated heterocycles. The molecule has 1 aliphatic carbocycles. The second kappa shape index (κ2) is 4.61. The lowest BCUT2D eigenvalue weighted by molar-refractivity contribution is -0.145. The molecule has 0 aliphatic heterocycles.